The van der Waals surface area contributed by atoms with E-state index in [1.165, 1.54) is 6.07 Å². The first-order valence-corrected chi connectivity index (χ1v) is 8.56. The van der Waals surface area contributed by atoms with Crippen LogP contribution in [-0.4, -0.2) is 38.8 Å². The third-order valence-corrected chi connectivity index (χ3v) is 4.31. The number of benzene rings is 1. The van der Waals surface area contributed by atoms with Crippen molar-refractivity contribution in [2.45, 2.75) is 38.5 Å². The smallest absolute Gasteiger partial charge is 0.191 e. The van der Waals surface area contributed by atoms with Crippen LogP contribution >= 0.6 is 0 Å². The molecule has 0 amide bonds. The van der Waals surface area contributed by atoms with E-state index < -0.39 is 0 Å². The monoisotopic (exact) mass is 321 g/mol. The van der Waals surface area contributed by atoms with Gasteiger partial charge in [-0.3, -0.25) is 4.99 Å². The number of nitrogens with zero attached hydrogens (tertiary/aromatic N) is 1. The van der Waals surface area contributed by atoms with Crippen LogP contribution in [0.3, 0.4) is 0 Å². The molecule has 0 bridgehead atoms. The Bertz CT molecular complexity index is 513. The van der Waals surface area contributed by atoms with Gasteiger partial charge in [-0.1, -0.05) is 19.1 Å². The van der Waals surface area contributed by atoms with Gasteiger partial charge in [0.1, 0.15) is 5.82 Å². The molecule has 23 heavy (non-hydrogen) atoms. The van der Waals surface area contributed by atoms with Crippen molar-refractivity contribution in [3.05, 3.63) is 35.6 Å². The Hall–Kier alpha value is -1.62. The van der Waals surface area contributed by atoms with Crippen molar-refractivity contribution < 1.29 is 9.13 Å². The Balaban J connectivity index is 2.20. The fourth-order valence-electron chi connectivity index (χ4n) is 2.93. The standard InChI is InChI=1S/C18H28FN3O/c1-3-10-21-17(20-4-2)22-14-18(8-11-23-12-9-18)15-6-5-7-16(19)13-15/h5-7,13H,3-4,8-12,14H2,1-2H3,(H2,20,21,22). The number of hydrogen-bond donors (Lipinski definition) is 2. The Morgan fingerprint density at radius 2 is 2.04 bits per heavy atom. The van der Waals surface area contributed by atoms with E-state index >= 15 is 0 Å². The number of aliphatic imine (C=N–C) groups is 1. The highest BCUT2D eigenvalue weighted by Crippen LogP contribution is 2.35. The van der Waals surface area contributed by atoms with Gasteiger partial charge in [0, 0.05) is 31.7 Å². The molecule has 0 spiro atoms. The van der Waals surface area contributed by atoms with Gasteiger partial charge in [-0.05, 0) is 43.9 Å². The van der Waals surface area contributed by atoms with Crippen LogP contribution in [0, 0.1) is 5.82 Å². The van der Waals surface area contributed by atoms with E-state index in [-0.39, 0.29) is 11.2 Å². The van der Waals surface area contributed by atoms with Gasteiger partial charge in [0.25, 0.3) is 0 Å². The first-order valence-electron chi connectivity index (χ1n) is 8.56. The number of ether oxygens (including phenoxy) is 1. The summed E-state index contributed by atoms with van der Waals surface area (Å²) in [7, 11) is 0. The van der Waals surface area contributed by atoms with E-state index in [0.29, 0.717) is 19.8 Å². The van der Waals surface area contributed by atoms with Crippen LogP contribution < -0.4 is 10.6 Å². The van der Waals surface area contributed by atoms with Crippen LogP contribution in [-0.2, 0) is 10.2 Å². The number of halogens is 1. The highest BCUT2D eigenvalue weighted by Gasteiger charge is 2.34. The summed E-state index contributed by atoms with van der Waals surface area (Å²) in [6.45, 7) is 7.94. The van der Waals surface area contributed by atoms with E-state index in [2.05, 4.69) is 24.5 Å². The molecule has 1 aliphatic rings. The van der Waals surface area contributed by atoms with E-state index in [4.69, 9.17) is 9.73 Å². The third-order valence-electron chi connectivity index (χ3n) is 4.31. The molecule has 1 heterocycles. The molecule has 128 valence electrons. The summed E-state index contributed by atoms with van der Waals surface area (Å²) < 4.78 is 19.2. The highest BCUT2D eigenvalue weighted by molar-refractivity contribution is 5.79. The Morgan fingerprint density at radius 1 is 1.26 bits per heavy atom. The largest absolute Gasteiger partial charge is 0.381 e. The predicted molar refractivity (Wildman–Crippen MR) is 92.4 cm³/mol. The zero-order chi connectivity index (χ0) is 16.5. The summed E-state index contributed by atoms with van der Waals surface area (Å²) in [5, 5.41) is 6.59. The van der Waals surface area contributed by atoms with Crippen molar-refractivity contribution in [3.8, 4) is 0 Å². The summed E-state index contributed by atoms with van der Waals surface area (Å²) in [4.78, 5) is 4.77. The third kappa shape index (κ3) is 4.93. The molecule has 0 unspecified atom stereocenters. The molecule has 0 aromatic heterocycles. The lowest BCUT2D eigenvalue weighted by molar-refractivity contribution is 0.0530. The topological polar surface area (TPSA) is 45.7 Å². The van der Waals surface area contributed by atoms with Crippen LogP contribution in [0.2, 0.25) is 0 Å². The maximum absolute atomic E-state index is 13.7. The summed E-state index contributed by atoms with van der Waals surface area (Å²) >= 11 is 0. The summed E-state index contributed by atoms with van der Waals surface area (Å²) in [6, 6.07) is 6.93. The zero-order valence-electron chi connectivity index (χ0n) is 14.2. The molecule has 1 aromatic rings. The highest BCUT2D eigenvalue weighted by atomic mass is 19.1. The van der Waals surface area contributed by atoms with Crippen LogP contribution in [0.15, 0.2) is 29.3 Å². The molecule has 2 N–H and O–H groups in total. The zero-order valence-corrected chi connectivity index (χ0v) is 14.2. The molecule has 0 radical (unpaired) electrons. The first kappa shape index (κ1) is 17.7. The molecule has 0 atom stereocenters. The van der Waals surface area contributed by atoms with Gasteiger partial charge in [0.05, 0.1) is 6.54 Å². The maximum atomic E-state index is 13.7. The van der Waals surface area contributed by atoms with Gasteiger partial charge in [-0.15, -0.1) is 0 Å². The molecule has 0 aliphatic carbocycles. The Kier molecular flexibility index (Phi) is 6.84. The van der Waals surface area contributed by atoms with Crippen molar-refractivity contribution in [1.29, 1.82) is 0 Å². The predicted octanol–water partition coefficient (Wildman–Crippen LogP) is 2.84. The van der Waals surface area contributed by atoms with Crippen molar-refractivity contribution in [2.24, 2.45) is 4.99 Å². The maximum Gasteiger partial charge on any atom is 0.191 e. The summed E-state index contributed by atoms with van der Waals surface area (Å²) in [6.07, 6.45) is 2.79. The van der Waals surface area contributed by atoms with Gasteiger partial charge < -0.3 is 15.4 Å². The van der Waals surface area contributed by atoms with Crippen LogP contribution in [0.5, 0.6) is 0 Å². The van der Waals surface area contributed by atoms with E-state index in [1.54, 1.807) is 12.1 Å². The lowest BCUT2D eigenvalue weighted by Crippen LogP contribution is -2.41. The van der Waals surface area contributed by atoms with Crippen LogP contribution in [0.1, 0.15) is 38.7 Å². The fourth-order valence-corrected chi connectivity index (χ4v) is 2.93. The lowest BCUT2D eigenvalue weighted by Gasteiger charge is -2.36. The summed E-state index contributed by atoms with van der Waals surface area (Å²) in [5.41, 5.74) is 0.880. The van der Waals surface area contributed by atoms with E-state index in [9.17, 15) is 4.39 Å². The normalized spacial score (nSPS) is 17.8. The molecule has 2 rings (SSSR count). The molecule has 1 saturated heterocycles. The van der Waals surface area contributed by atoms with Gasteiger partial charge >= 0.3 is 0 Å². The molecule has 4 nitrogen and oxygen atoms in total. The minimum absolute atomic E-state index is 0.144. The minimum Gasteiger partial charge on any atom is -0.381 e. The Morgan fingerprint density at radius 3 is 2.70 bits per heavy atom. The second kappa shape index (κ2) is 8.87. The second-order valence-corrected chi connectivity index (χ2v) is 6.02. The van der Waals surface area contributed by atoms with Crippen molar-refractivity contribution >= 4 is 5.96 Å². The van der Waals surface area contributed by atoms with Crippen molar-refractivity contribution in [3.63, 3.8) is 0 Å². The van der Waals surface area contributed by atoms with E-state index in [1.807, 2.05) is 6.07 Å². The minimum atomic E-state index is -0.187. The first-order chi connectivity index (χ1) is 11.2. The Labute approximate surface area is 138 Å². The van der Waals surface area contributed by atoms with Crippen LogP contribution in [0.25, 0.3) is 0 Å². The van der Waals surface area contributed by atoms with Crippen molar-refractivity contribution in [2.75, 3.05) is 32.8 Å². The molecular formula is C18H28FN3O. The van der Waals surface area contributed by atoms with E-state index in [0.717, 1.165) is 43.9 Å². The SMILES string of the molecule is CCCNC(=NCC1(c2cccc(F)c2)CCOCC1)NCC. The van der Waals surface area contributed by atoms with Gasteiger partial charge in [0.15, 0.2) is 5.96 Å². The van der Waals surface area contributed by atoms with Gasteiger partial charge in [-0.25, -0.2) is 4.39 Å². The average molecular weight is 321 g/mol. The van der Waals surface area contributed by atoms with Crippen molar-refractivity contribution in [1.82, 2.24) is 10.6 Å². The summed E-state index contributed by atoms with van der Waals surface area (Å²) in [5.74, 6) is 0.644. The van der Waals surface area contributed by atoms with Crippen LogP contribution in [0.4, 0.5) is 4.39 Å². The molecular weight excluding hydrogens is 293 g/mol. The molecule has 1 fully saturated rings. The number of hydrogen-bond acceptors (Lipinski definition) is 2. The number of rotatable bonds is 6. The number of guanidine groups is 1. The molecule has 5 heteroatoms. The average Bonchev–Trinajstić information content (AvgIpc) is 2.58. The van der Waals surface area contributed by atoms with Gasteiger partial charge in [0.2, 0.25) is 0 Å². The lowest BCUT2D eigenvalue weighted by atomic mass is 9.74. The number of nitrogens with one attached hydrogen (secondary N) is 2. The molecule has 1 aliphatic heterocycles. The second-order valence-electron chi connectivity index (χ2n) is 6.02. The quantitative estimate of drug-likeness (QED) is 0.625. The van der Waals surface area contributed by atoms with Gasteiger partial charge in [-0.2, -0.15) is 0 Å². The molecule has 0 saturated carbocycles. The fraction of sp³-hybridized carbons (Fsp3) is 0.611. The molecule has 1 aromatic carbocycles.